The summed E-state index contributed by atoms with van der Waals surface area (Å²) in [4.78, 5) is 15.0. The van der Waals surface area contributed by atoms with E-state index < -0.39 is 0 Å². The Morgan fingerprint density at radius 3 is 2.45 bits per heavy atom. The maximum atomic E-state index is 12.6. The number of rotatable bonds is 9. The number of likely N-dealkylation sites (N-methyl/N-ethyl adjacent to an activating group) is 1. The predicted molar refractivity (Wildman–Crippen MR) is 120 cm³/mol. The zero-order valence-electron chi connectivity index (χ0n) is 17.8. The van der Waals surface area contributed by atoms with Gasteiger partial charge in [-0.2, -0.15) is 0 Å². The summed E-state index contributed by atoms with van der Waals surface area (Å²) in [6.45, 7) is 7.90. The number of nitrogens with one attached hydrogen (secondary N) is 1. The van der Waals surface area contributed by atoms with Crippen molar-refractivity contribution >= 4 is 11.6 Å². The molecule has 3 rings (SSSR count). The Kier molecular flexibility index (Phi) is 8.12. The van der Waals surface area contributed by atoms with E-state index >= 15 is 0 Å². The fourth-order valence-corrected chi connectivity index (χ4v) is 4.04. The highest BCUT2D eigenvalue weighted by Gasteiger charge is 2.16. The van der Waals surface area contributed by atoms with E-state index in [1.807, 2.05) is 36.4 Å². The highest BCUT2D eigenvalue weighted by Crippen LogP contribution is 2.32. The summed E-state index contributed by atoms with van der Waals surface area (Å²) >= 11 is 0. The van der Waals surface area contributed by atoms with E-state index in [4.69, 9.17) is 4.74 Å². The van der Waals surface area contributed by atoms with Gasteiger partial charge in [0.05, 0.1) is 0 Å². The summed E-state index contributed by atoms with van der Waals surface area (Å²) in [5, 5.41) is 2.99. The lowest BCUT2D eigenvalue weighted by Gasteiger charge is -2.22. The molecule has 1 fully saturated rings. The molecule has 1 aliphatic carbocycles. The molecular formula is C25H34N2O2. The van der Waals surface area contributed by atoms with E-state index in [1.165, 1.54) is 37.7 Å². The van der Waals surface area contributed by atoms with E-state index in [0.717, 1.165) is 31.1 Å². The van der Waals surface area contributed by atoms with Gasteiger partial charge in [0.25, 0.3) is 5.91 Å². The van der Waals surface area contributed by atoms with Gasteiger partial charge in [0, 0.05) is 23.9 Å². The molecule has 0 radical (unpaired) electrons. The molecule has 0 aromatic heterocycles. The van der Waals surface area contributed by atoms with Crippen LogP contribution < -0.4 is 10.1 Å². The minimum atomic E-state index is -0.0829. The Balaban J connectivity index is 1.54. The van der Waals surface area contributed by atoms with Crippen molar-refractivity contribution in [3.8, 4) is 5.75 Å². The molecule has 0 unspecified atom stereocenters. The fourth-order valence-electron chi connectivity index (χ4n) is 4.04. The first-order valence-corrected chi connectivity index (χ1v) is 11.1. The Labute approximate surface area is 175 Å². The molecule has 0 heterocycles. The van der Waals surface area contributed by atoms with Gasteiger partial charge in [0.1, 0.15) is 12.4 Å². The van der Waals surface area contributed by atoms with E-state index in [0.29, 0.717) is 18.1 Å². The summed E-state index contributed by atoms with van der Waals surface area (Å²) in [5.74, 6) is 1.36. The van der Waals surface area contributed by atoms with Crippen LogP contribution in [0, 0.1) is 0 Å². The van der Waals surface area contributed by atoms with Gasteiger partial charge in [0.15, 0.2) is 0 Å². The predicted octanol–water partition coefficient (Wildman–Crippen LogP) is 5.71. The van der Waals surface area contributed by atoms with Crippen molar-refractivity contribution in [1.29, 1.82) is 0 Å². The number of carbonyl (C=O) groups is 1. The third-order valence-corrected chi connectivity index (χ3v) is 5.91. The maximum Gasteiger partial charge on any atom is 0.255 e. The highest BCUT2D eigenvalue weighted by molar-refractivity contribution is 6.04. The van der Waals surface area contributed by atoms with E-state index in [9.17, 15) is 4.79 Å². The Bertz CT molecular complexity index is 763. The Hall–Kier alpha value is -2.33. The van der Waals surface area contributed by atoms with Crippen LogP contribution in [0.5, 0.6) is 5.75 Å². The van der Waals surface area contributed by atoms with Crippen molar-refractivity contribution < 1.29 is 9.53 Å². The molecule has 4 nitrogen and oxygen atoms in total. The third-order valence-electron chi connectivity index (χ3n) is 5.91. The van der Waals surface area contributed by atoms with Gasteiger partial charge < -0.3 is 15.0 Å². The molecule has 2 aromatic rings. The molecule has 1 N–H and O–H groups in total. The third kappa shape index (κ3) is 6.33. The quantitative estimate of drug-likeness (QED) is 0.592. The number of hydrogen-bond acceptors (Lipinski definition) is 3. The van der Waals surface area contributed by atoms with Crippen molar-refractivity contribution in [2.24, 2.45) is 0 Å². The lowest BCUT2D eigenvalue weighted by Crippen LogP contribution is -2.27. The lowest BCUT2D eigenvalue weighted by molar-refractivity contribution is 0.102. The van der Waals surface area contributed by atoms with Gasteiger partial charge in [-0.1, -0.05) is 51.3 Å². The van der Waals surface area contributed by atoms with Crippen LogP contribution >= 0.6 is 0 Å². The molecule has 156 valence electrons. The van der Waals surface area contributed by atoms with Gasteiger partial charge in [-0.25, -0.2) is 0 Å². The fraction of sp³-hybridized carbons (Fsp3) is 0.480. The van der Waals surface area contributed by atoms with Crippen LogP contribution in [0.4, 0.5) is 5.69 Å². The summed E-state index contributed by atoms with van der Waals surface area (Å²) in [6, 6.07) is 15.8. The smallest absolute Gasteiger partial charge is 0.255 e. The standard InChI is InChI=1S/C25H34N2O2/c1-3-27(4-2)17-18-29-24-12-8-11-23(19-24)26-25(28)22-15-13-21(14-16-22)20-9-6-5-7-10-20/h8,11-16,19-20H,3-7,9-10,17-18H2,1-2H3,(H,26,28). The van der Waals surface area contributed by atoms with Crippen molar-refractivity contribution in [3.63, 3.8) is 0 Å². The molecule has 1 aliphatic rings. The van der Waals surface area contributed by atoms with Gasteiger partial charge in [-0.3, -0.25) is 4.79 Å². The van der Waals surface area contributed by atoms with Crippen LogP contribution in [0.2, 0.25) is 0 Å². The first kappa shape index (κ1) is 21.4. The van der Waals surface area contributed by atoms with Crippen LogP contribution in [0.15, 0.2) is 48.5 Å². The van der Waals surface area contributed by atoms with Gasteiger partial charge in [0.2, 0.25) is 0 Å². The number of ether oxygens (including phenoxy) is 1. The Morgan fingerprint density at radius 2 is 1.76 bits per heavy atom. The lowest BCUT2D eigenvalue weighted by atomic mass is 9.84. The van der Waals surface area contributed by atoms with E-state index in [1.54, 1.807) is 0 Å². The van der Waals surface area contributed by atoms with Crippen LogP contribution in [0.3, 0.4) is 0 Å². The molecule has 29 heavy (non-hydrogen) atoms. The molecule has 0 saturated heterocycles. The topological polar surface area (TPSA) is 41.6 Å². The average molecular weight is 395 g/mol. The molecular weight excluding hydrogens is 360 g/mol. The van der Waals surface area contributed by atoms with Crippen molar-refractivity contribution in [2.75, 3.05) is 31.6 Å². The second kappa shape index (κ2) is 11.0. The molecule has 0 bridgehead atoms. The number of benzene rings is 2. The van der Waals surface area contributed by atoms with Crippen LogP contribution in [0.1, 0.15) is 67.8 Å². The van der Waals surface area contributed by atoms with Crippen LogP contribution in [-0.4, -0.2) is 37.0 Å². The number of nitrogens with zero attached hydrogens (tertiary/aromatic N) is 1. The van der Waals surface area contributed by atoms with Gasteiger partial charge in [-0.05, 0) is 61.7 Å². The molecule has 0 atom stereocenters. The SMILES string of the molecule is CCN(CC)CCOc1cccc(NC(=O)c2ccc(C3CCCCC3)cc2)c1. The number of anilines is 1. The summed E-state index contributed by atoms with van der Waals surface area (Å²) in [7, 11) is 0. The Morgan fingerprint density at radius 1 is 1.03 bits per heavy atom. The zero-order valence-corrected chi connectivity index (χ0v) is 17.8. The number of amides is 1. The number of carbonyl (C=O) groups excluding carboxylic acids is 1. The first-order chi connectivity index (χ1) is 14.2. The second-order valence-electron chi connectivity index (χ2n) is 7.81. The van der Waals surface area contributed by atoms with Gasteiger partial charge >= 0.3 is 0 Å². The molecule has 1 saturated carbocycles. The zero-order chi connectivity index (χ0) is 20.5. The summed E-state index contributed by atoms with van der Waals surface area (Å²) < 4.78 is 5.86. The van der Waals surface area contributed by atoms with Crippen molar-refractivity contribution in [3.05, 3.63) is 59.7 Å². The summed E-state index contributed by atoms with van der Waals surface area (Å²) in [6.07, 6.45) is 6.54. The van der Waals surface area contributed by atoms with E-state index in [2.05, 4.69) is 36.2 Å². The van der Waals surface area contributed by atoms with Gasteiger partial charge in [-0.15, -0.1) is 0 Å². The number of hydrogen-bond donors (Lipinski definition) is 1. The largest absolute Gasteiger partial charge is 0.492 e. The molecule has 2 aromatic carbocycles. The van der Waals surface area contributed by atoms with E-state index in [-0.39, 0.29) is 5.91 Å². The first-order valence-electron chi connectivity index (χ1n) is 11.1. The minimum absolute atomic E-state index is 0.0829. The van der Waals surface area contributed by atoms with Crippen LogP contribution in [0.25, 0.3) is 0 Å². The van der Waals surface area contributed by atoms with Crippen LogP contribution in [-0.2, 0) is 0 Å². The average Bonchev–Trinajstić information content (AvgIpc) is 2.78. The minimum Gasteiger partial charge on any atom is -0.492 e. The molecule has 4 heteroatoms. The maximum absolute atomic E-state index is 12.6. The normalized spacial score (nSPS) is 14.7. The monoisotopic (exact) mass is 394 g/mol. The second-order valence-corrected chi connectivity index (χ2v) is 7.81. The van der Waals surface area contributed by atoms with Crippen molar-refractivity contribution in [2.45, 2.75) is 51.9 Å². The molecule has 0 spiro atoms. The summed E-state index contributed by atoms with van der Waals surface area (Å²) in [5.41, 5.74) is 2.81. The molecule has 1 amide bonds. The molecule has 0 aliphatic heterocycles. The highest BCUT2D eigenvalue weighted by atomic mass is 16.5. The van der Waals surface area contributed by atoms with Crippen molar-refractivity contribution in [1.82, 2.24) is 4.90 Å².